The summed E-state index contributed by atoms with van der Waals surface area (Å²) in [4.78, 5) is 28.8. The van der Waals surface area contributed by atoms with Gasteiger partial charge in [-0.05, 0) is 19.8 Å². The molecule has 1 aliphatic carbocycles. The first kappa shape index (κ1) is 13.9. The summed E-state index contributed by atoms with van der Waals surface area (Å²) >= 11 is 0. The maximum absolute atomic E-state index is 12.6. The maximum Gasteiger partial charge on any atom is 0.228 e. The van der Waals surface area contributed by atoms with Gasteiger partial charge in [0.2, 0.25) is 11.8 Å². The predicted octanol–water partition coefficient (Wildman–Crippen LogP) is 0.598. The van der Waals surface area contributed by atoms with Crippen LogP contribution in [0.5, 0.6) is 0 Å². The fourth-order valence-electron chi connectivity index (χ4n) is 3.87. The van der Waals surface area contributed by atoms with Crippen molar-refractivity contribution >= 4 is 11.8 Å². The van der Waals surface area contributed by atoms with Crippen molar-refractivity contribution in [2.75, 3.05) is 26.2 Å². The zero-order chi connectivity index (χ0) is 14.1. The highest BCUT2D eigenvalue weighted by Gasteiger charge is 2.41. The molecule has 3 aliphatic rings. The number of nitrogens with one attached hydrogen (secondary N) is 1. The molecule has 0 aromatic carbocycles. The van der Waals surface area contributed by atoms with Crippen LogP contribution in [0.25, 0.3) is 0 Å². The summed E-state index contributed by atoms with van der Waals surface area (Å²) in [6, 6.07) is 0.646. The van der Waals surface area contributed by atoms with Gasteiger partial charge in [-0.25, -0.2) is 0 Å². The summed E-state index contributed by atoms with van der Waals surface area (Å²) in [6.07, 6.45) is 5.11. The predicted molar refractivity (Wildman–Crippen MR) is 76.1 cm³/mol. The lowest BCUT2D eigenvalue weighted by molar-refractivity contribution is -0.138. The molecule has 1 unspecified atom stereocenters. The highest BCUT2D eigenvalue weighted by Crippen LogP contribution is 2.30. The van der Waals surface area contributed by atoms with E-state index >= 15 is 0 Å². The molecule has 0 bridgehead atoms. The first-order valence-corrected chi connectivity index (χ1v) is 7.97. The number of nitrogens with zero attached hydrogens (tertiary/aromatic N) is 2. The summed E-state index contributed by atoms with van der Waals surface area (Å²) in [6.45, 7) is 5.23. The average Bonchev–Trinajstić information content (AvgIpc) is 3.07. The lowest BCUT2D eigenvalue weighted by atomic mass is 10.0. The topological polar surface area (TPSA) is 52.7 Å². The van der Waals surface area contributed by atoms with Crippen LogP contribution in [-0.2, 0) is 9.59 Å². The first-order chi connectivity index (χ1) is 9.66. The highest BCUT2D eigenvalue weighted by atomic mass is 16.2. The van der Waals surface area contributed by atoms with E-state index in [-0.39, 0.29) is 23.8 Å². The molecule has 0 spiro atoms. The van der Waals surface area contributed by atoms with Gasteiger partial charge in [-0.3, -0.25) is 9.59 Å². The van der Waals surface area contributed by atoms with Crippen molar-refractivity contribution in [3.8, 4) is 0 Å². The van der Waals surface area contributed by atoms with Crippen LogP contribution < -0.4 is 5.32 Å². The molecule has 2 amide bonds. The Labute approximate surface area is 120 Å². The van der Waals surface area contributed by atoms with Gasteiger partial charge in [0.05, 0.1) is 5.92 Å². The second-order valence-electron chi connectivity index (χ2n) is 6.47. The SMILES string of the molecule is C[C@H]1CNCCN1C(=O)C1CC(=O)N(C2CCCC2)C1. The molecule has 0 aromatic rings. The van der Waals surface area contributed by atoms with Gasteiger partial charge in [0.1, 0.15) is 0 Å². The van der Waals surface area contributed by atoms with Gasteiger partial charge in [-0.15, -0.1) is 0 Å². The molecule has 2 atom stereocenters. The van der Waals surface area contributed by atoms with Crippen LogP contribution in [0.1, 0.15) is 39.0 Å². The Bertz CT molecular complexity index is 393. The highest BCUT2D eigenvalue weighted by molar-refractivity contribution is 5.89. The van der Waals surface area contributed by atoms with E-state index in [1.807, 2.05) is 9.80 Å². The van der Waals surface area contributed by atoms with Crippen LogP contribution in [0, 0.1) is 5.92 Å². The Morgan fingerprint density at radius 1 is 1.30 bits per heavy atom. The minimum Gasteiger partial charge on any atom is -0.339 e. The molecular formula is C15H25N3O2. The number of amides is 2. The molecule has 2 heterocycles. The summed E-state index contributed by atoms with van der Waals surface area (Å²) in [5.41, 5.74) is 0. The quantitative estimate of drug-likeness (QED) is 0.805. The van der Waals surface area contributed by atoms with Gasteiger partial charge < -0.3 is 15.1 Å². The van der Waals surface area contributed by atoms with Gasteiger partial charge in [0.25, 0.3) is 0 Å². The zero-order valence-electron chi connectivity index (χ0n) is 12.3. The smallest absolute Gasteiger partial charge is 0.228 e. The van der Waals surface area contributed by atoms with E-state index in [1.54, 1.807) is 0 Å². The van der Waals surface area contributed by atoms with E-state index in [4.69, 9.17) is 0 Å². The first-order valence-electron chi connectivity index (χ1n) is 7.97. The van der Waals surface area contributed by atoms with Crippen LogP contribution in [0.4, 0.5) is 0 Å². The molecular weight excluding hydrogens is 254 g/mol. The average molecular weight is 279 g/mol. The van der Waals surface area contributed by atoms with Crippen molar-refractivity contribution in [2.45, 2.75) is 51.1 Å². The van der Waals surface area contributed by atoms with Crippen LogP contribution in [-0.4, -0.2) is 59.9 Å². The van der Waals surface area contributed by atoms with Crippen molar-refractivity contribution in [1.82, 2.24) is 15.1 Å². The third-order valence-corrected chi connectivity index (χ3v) is 5.06. The Kier molecular flexibility index (Phi) is 3.96. The summed E-state index contributed by atoms with van der Waals surface area (Å²) in [7, 11) is 0. The molecule has 2 aliphatic heterocycles. The summed E-state index contributed by atoms with van der Waals surface area (Å²) in [5, 5.41) is 3.30. The summed E-state index contributed by atoms with van der Waals surface area (Å²) < 4.78 is 0. The van der Waals surface area contributed by atoms with E-state index in [9.17, 15) is 9.59 Å². The van der Waals surface area contributed by atoms with E-state index in [0.29, 0.717) is 19.0 Å². The van der Waals surface area contributed by atoms with Gasteiger partial charge in [-0.1, -0.05) is 12.8 Å². The van der Waals surface area contributed by atoms with Gasteiger partial charge in [-0.2, -0.15) is 0 Å². The number of carbonyl (C=O) groups is 2. The summed E-state index contributed by atoms with van der Waals surface area (Å²) in [5.74, 6) is 0.273. The largest absolute Gasteiger partial charge is 0.339 e. The number of piperazine rings is 1. The van der Waals surface area contributed by atoms with Crippen molar-refractivity contribution < 1.29 is 9.59 Å². The standard InChI is InChI=1S/C15H25N3O2/c1-11-9-16-6-7-17(11)15(20)12-8-14(19)18(10-12)13-4-2-3-5-13/h11-13,16H,2-10H2,1H3/t11-,12?/m0/s1. The maximum atomic E-state index is 12.6. The van der Waals surface area contributed by atoms with E-state index in [0.717, 1.165) is 32.5 Å². The zero-order valence-corrected chi connectivity index (χ0v) is 12.3. The van der Waals surface area contributed by atoms with Gasteiger partial charge in [0, 0.05) is 44.7 Å². The lowest BCUT2D eigenvalue weighted by Crippen LogP contribution is -2.54. The molecule has 1 saturated carbocycles. The van der Waals surface area contributed by atoms with Gasteiger partial charge >= 0.3 is 0 Å². The molecule has 5 nitrogen and oxygen atoms in total. The molecule has 2 saturated heterocycles. The van der Waals surface area contributed by atoms with Crippen LogP contribution in [0.2, 0.25) is 0 Å². The second kappa shape index (κ2) is 5.72. The molecule has 3 fully saturated rings. The minimum atomic E-state index is -0.108. The number of hydrogen-bond donors (Lipinski definition) is 1. The van der Waals surface area contributed by atoms with Crippen LogP contribution in [0.15, 0.2) is 0 Å². The van der Waals surface area contributed by atoms with Crippen molar-refractivity contribution in [2.24, 2.45) is 5.92 Å². The number of hydrogen-bond acceptors (Lipinski definition) is 3. The lowest BCUT2D eigenvalue weighted by Gasteiger charge is -2.35. The molecule has 0 radical (unpaired) electrons. The van der Waals surface area contributed by atoms with Gasteiger partial charge in [0.15, 0.2) is 0 Å². The number of likely N-dealkylation sites (tertiary alicyclic amines) is 1. The van der Waals surface area contributed by atoms with Crippen LogP contribution in [0.3, 0.4) is 0 Å². The number of rotatable bonds is 2. The Morgan fingerprint density at radius 2 is 2.05 bits per heavy atom. The van der Waals surface area contributed by atoms with E-state index < -0.39 is 0 Å². The molecule has 1 N–H and O–H groups in total. The molecule has 0 aromatic heterocycles. The molecule has 5 heteroatoms. The fourth-order valence-corrected chi connectivity index (χ4v) is 3.87. The second-order valence-corrected chi connectivity index (χ2v) is 6.47. The van der Waals surface area contributed by atoms with E-state index in [1.165, 1.54) is 12.8 Å². The van der Waals surface area contributed by atoms with Crippen molar-refractivity contribution in [1.29, 1.82) is 0 Å². The molecule has 112 valence electrons. The number of carbonyl (C=O) groups excluding carboxylic acids is 2. The van der Waals surface area contributed by atoms with E-state index in [2.05, 4.69) is 12.2 Å². The Morgan fingerprint density at radius 3 is 2.75 bits per heavy atom. The molecule has 3 rings (SSSR count). The minimum absolute atomic E-state index is 0.108. The fraction of sp³-hybridized carbons (Fsp3) is 0.867. The third kappa shape index (κ3) is 2.55. The van der Waals surface area contributed by atoms with Crippen molar-refractivity contribution in [3.05, 3.63) is 0 Å². The monoisotopic (exact) mass is 279 g/mol. The Hall–Kier alpha value is -1.10. The molecule has 20 heavy (non-hydrogen) atoms. The van der Waals surface area contributed by atoms with Crippen LogP contribution >= 0.6 is 0 Å². The third-order valence-electron chi connectivity index (χ3n) is 5.06. The Balaban J connectivity index is 1.63. The normalized spacial score (nSPS) is 32.1. The van der Waals surface area contributed by atoms with Crippen molar-refractivity contribution in [3.63, 3.8) is 0 Å².